The summed E-state index contributed by atoms with van der Waals surface area (Å²) >= 11 is -2.48. The fraction of sp³-hybridized carbons (Fsp3) is 0.464. The van der Waals surface area contributed by atoms with Crippen LogP contribution in [0.3, 0.4) is 0 Å². The number of furan rings is 1. The molecule has 1 fully saturated rings. The van der Waals surface area contributed by atoms with Gasteiger partial charge in [0.25, 0.3) is 5.91 Å². The molecule has 1 aromatic carbocycles. The molecular weight excluding hydrogens is 506 g/mol. The monoisotopic (exact) mass is 540 g/mol. The summed E-state index contributed by atoms with van der Waals surface area (Å²) in [5.74, 6) is -0.457. The van der Waals surface area contributed by atoms with E-state index in [1.165, 1.54) is 4.31 Å². The molecule has 10 heteroatoms. The summed E-state index contributed by atoms with van der Waals surface area (Å²) in [6.07, 6.45) is 3.52. The lowest BCUT2D eigenvalue weighted by Gasteiger charge is -2.25. The first-order chi connectivity index (χ1) is 18.0. The highest BCUT2D eigenvalue weighted by molar-refractivity contribution is 7.76. The molecular formula is C28H34N3O6S-. The molecule has 9 nitrogen and oxygen atoms in total. The molecule has 0 aliphatic heterocycles. The number of amides is 1. The van der Waals surface area contributed by atoms with E-state index in [0.717, 1.165) is 29.5 Å². The second kappa shape index (κ2) is 11.3. The molecule has 0 radical (unpaired) electrons. The smallest absolute Gasteiger partial charge is 0.309 e. The predicted octanol–water partition coefficient (Wildman–Crippen LogP) is 4.92. The largest absolute Gasteiger partial charge is 0.760 e. The average Bonchev–Trinajstić information content (AvgIpc) is 3.65. The summed E-state index contributed by atoms with van der Waals surface area (Å²) in [6, 6.07) is 9.63. The molecule has 3 aromatic rings. The molecule has 1 aliphatic rings. The highest BCUT2D eigenvalue weighted by atomic mass is 32.2. The van der Waals surface area contributed by atoms with Crippen molar-refractivity contribution in [1.82, 2.24) is 14.6 Å². The van der Waals surface area contributed by atoms with Gasteiger partial charge in [0.15, 0.2) is 0 Å². The van der Waals surface area contributed by atoms with Gasteiger partial charge in [-0.15, -0.1) is 0 Å². The van der Waals surface area contributed by atoms with Gasteiger partial charge in [-0.05, 0) is 64.0 Å². The summed E-state index contributed by atoms with van der Waals surface area (Å²) in [6.45, 7) is 5.65. The van der Waals surface area contributed by atoms with Crippen LogP contribution in [0.1, 0.15) is 79.0 Å². The van der Waals surface area contributed by atoms with Crippen LogP contribution in [-0.2, 0) is 22.6 Å². The van der Waals surface area contributed by atoms with Gasteiger partial charge in [-0.25, -0.2) is 9.29 Å². The molecule has 1 aliphatic carbocycles. The Morgan fingerprint density at radius 3 is 2.50 bits per heavy atom. The SMILES string of the molecule is CNC(=O)c1c(-c2ccc(C)cc2)oc2nc(CN(CCCCC(C)(C)C(=O)O)S(=O)[O-])c(C3CC3)cc12. The van der Waals surface area contributed by atoms with E-state index in [-0.39, 0.29) is 24.9 Å². The van der Waals surface area contributed by atoms with Crippen molar-refractivity contribution in [3.05, 3.63) is 52.7 Å². The number of rotatable bonds is 12. The number of unbranched alkanes of at least 4 members (excludes halogenated alkanes) is 1. The van der Waals surface area contributed by atoms with Crippen molar-refractivity contribution in [2.75, 3.05) is 13.6 Å². The van der Waals surface area contributed by atoms with Crippen LogP contribution in [0.5, 0.6) is 0 Å². The lowest BCUT2D eigenvalue weighted by Crippen LogP contribution is -2.28. The topological polar surface area (TPSA) is 136 Å². The van der Waals surface area contributed by atoms with Crippen molar-refractivity contribution in [1.29, 1.82) is 0 Å². The Morgan fingerprint density at radius 1 is 1.24 bits per heavy atom. The number of fused-ring (bicyclic) bond motifs is 1. The maximum atomic E-state index is 12.9. The summed E-state index contributed by atoms with van der Waals surface area (Å²) in [4.78, 5) is 29.0. The quantitative estimate of drug-likeness (QED) is 0.246. The Bertz CT molecular complexity index is 1360. The number of carboxylic acids is 1. The van der Waals surface area contributed by atoms with Gasteiger partial charge in [-0.2, -0.15) is 0 Å². The molecule has 1 amide bonds. The minimum Gasteiger partial charge on any atom is -0.760 e. The molecule has 2 N–H and O–H groups in total. The zero-order valence-corrected chi connectivity index (χ0v) is 23.0. The van der Waals surface area contributed by atoms with E-state index in [2.05, 4.69) is 5.32 Å². The number of aromatic nitrogens is 1. The van der Waals surface area contributed by atoms with Crippen LogP contribution in [0.25, 0.3) is 22.4 Å². The molecule has 2 heterocycles. The van der Waals surface area contributed by atoms with Crippen LogP contribution >= 0.6 is 0 Å². The second-order valence-corrected chi connectivity index (χ2v) is 11.6. The van der Waals surface area contributed by atoms with Gasteiger partial charge in [-0.1, -0.05) is 36.2 Å². The Hall–Kier alpha value is -3.08. The molecule has 4 rings (SSSR count). The number of pyridine rings is 1. The van der Waals surface area contributed by atoms with E-state index in [1.807, 2.05) is 37.3 Å². The van der Waals surface area contributed by atoms with Gasteiger partial charge in [-0.3, -0.25) is 13.8 Å². The normalized spacial score (nSPS) is 14.7. The minimum absolute atomic E-state index is 0.0794. The average molecular weight is 541 g/mol. The van der Waals surface area contributed by atoms with Crippen molar-refractivity contribution >= 4 is 34.2 Å². The number of nitrogens with one attached hydrogen (secondary N) is 1. The fourth-order valence-corrected chi connectivity index (χ4v) is 5.05. The molecule has 2 aromatic heterocycles. The molecule has 204 valence electrons. The number of carboxylic acid groups (broad SMARTS) is 1. The molecule has 38 heavy (non-hydrogen) atoms. The molecule has 1 saturated carbocycles. The van der Waals surface area contributed by atoms with Crippen molar-refractivity contribution in [2.24, 2.45) is 5.41 Å². The van der Waals surface area contributed by atoms with Crippen LogP contribution in [-0.4, -0.2) is 48.6 Å². The first-order valence-corrected chi connectivity index (χ1v) is 13.9. The first-order valence-electron chi connectivity index (χ1n) is 12.8. The third kappa shape index (κ3) is 6.14. The molecule has 0 bridgehead atoms. The van der Waals surface area contributed by atoms with Gasteiger partial charge in [0.05, 0.1) is 28.6 Å². The van der Waals surface area contributed by atoms with E-state index in [4.69, 9.17) is 9.40 Å². The van der Waals surface area contributed by atoms with Gasteiger partial charge < -0.3 is 19.4 Å². The van der Waals surface area contributed by atoms with Crippen molar-refractivity contribution in [2.45, 2.75) is 65.3 Å². The number of aliphatic carboxylic acids is 1. The highest BCUT2D eigenvalue weighted by Crippen LogP contribution is 2.44. The summed E-state index contributed by atoms with van der Waals surface area (Å²) in [5.41, 5.74) is 3.23. The number of aryl methyl sites for hydroxylation is 1. The Kier molecular flexibility index (Phi) is 8.34. The molecule has 1 atom stereocenters. The highest BCUT2D eigenvalue weighted by Gasteiger charge is 2.31. The number of carbonyl (C=O) groups is 2. The molecule has 0 spiro atoms. The van der Waals surface area contributed by atoms with Crippen molar-refractivity contribution in [3.63, 3.8) is 0 Å². The van der Waals surface area contributed by atoms with E-state index < -0.39 is 22.7 Å². The van der Waals surface area contributed by atoms with Gasteiger partial charge in [0.2, 0.25) is 5.71 Å². The number of hydrogen-bond acceptors (Lipinski definition) is 6. The van der Waals surface area contributed by atoms with Gasteiger partial charge >= 0.3 is 5.97 Å². The third-order valence-electron chi connectivity index (χ3n) is 7.16. The lowest BCUT2D eigenvalue weighted by molar-refractivity contribution is -0.147. The maximum Gasteiger partial charge on any atom is 0.309 e. The molecule has 1 unspecified atom stereocenters. The van der Waals surface area contributed by atoms with E-state index in [9.17, 15) is 23.5 Å². The Morgan fingerprint density at radius 2 is 1.92 bits per heavy atom. The zero-order valence-electron chi connectivity index (χ0n) is 22.2. The van der Waals surface area contributed by atoms with Crippen molar-refractivity contribution in [3.8, 4) is 11.3 Å². The van der Waals surface area contributed by atoms with Gasteiger partial charge in [0, 0.05) is 30.4 Å². The Labute approximate surface area is 225 Å². The van der Waals surface area contributed by atoms with Crippen LogP contribution in [0.4, 0.5) is 0 Å². The minimum atomic E-state index is -2.48. The van der Waals surface area contributed by atoms with Crippen LogP contribution in [0, 0.1) is 12.3 Å². The number of nitrogens with zero attached hydrogens (tertiary/aromatic N) is 2. The lowest BCUT2D eigenvalue weighted by atomic mass is 9.87. The zero-order chi connectivity index (χ0) is 27.6. The van der Waals surface area contributed by atoms with E-state index in [1.54, 1.807) is 20.9 Å². The Balaban J connectivity index is 1.66. The predicted molar refractivity (Wildman–Crippen MR) is 144 cm³/mol. The second-order valence-electron chi connectivity index (χ2n) is 10.6. The summed E-state index contributed by atoms with van der Waals surface area (Å²) in [7, 11) is 1.57. The standard InChI is InChI=1S/C28H35N3O6S/c1-17-7-9-19(10-8-17)24-23(25(32)29-4)21-15-20(18-11-12-18)22(30-26(21)37-24)16-31(38(35)36)14-6-5-13-28(2,3)27(33)34/h7-10,15,18H,5-6,11-14,16H2,1-4H3,(H,29,32)(H,33,34)(H,35,36)/p-1. The van der Waals surface area contributed by atoms with Gasteiger partial charge in [0.1, 0.15) is 5.76 Å². The maximum absolute atomic E-state index is 12.9. The number of benzene rings is 1. The number of carbonyl (C=O) groups excluding carboxylic acids is 1. The molecule has 0 saturated heterocycles. The number of hydrogen-bond donors (Lipinski definition) is 2. The summed E-state index contributed by atoms with van der Waals surface area (Å²) < 4.78 is 31.6. The van der Waals surface area contributed by atoms with Crippen LogP contribution in [0.15, 0.2) is 34.7 Å². The third-order valence-corrected chi connectivity index (χ3v) is 7.89. The first kappa shape index (κ1) is 27.9. The van der Waals surface area contributed by atoms with Crippen LogP contribution in [0.2, 0.25) is 0 Å². The summed E-state index contributed by atoms with van der Waals surface area (Å²) in [5, 5.41) is 12.6. The van der Waals surface area contributed by atoms with Crippen molar-refractivity contribution < 1.29 is 27.9 Å². The van der Waals surface area contributed by atoms with E-state index in [0.29, 0.717) is 47.4 Å². The fourth-order valence-electron chi connectivity index (χ4n) is 4.54. The van der Waals surface area contributed by atoms with E-state index >= 15 is 0 Å². The van der Waals surface area contributed by atoms with Crippen LogP contribution < -0.4 is 5.32 Å².